The molecule has 1 aromatic heterocycles. The van der Waals surface area contributed by atoms with Crippen molar-refractivity contribution in [2.24, 2.45) is 0 Å². The lowest BCUT2D eigenvalue weighted by atomic mass is 9.66. The number of hydrogen-bond donors (Lipinski definition) is 0. The van der Waals surface area contributed by atoms with Crippen molar-refractivity contribution in [2.45, 2.75) is 5.41 Å². The average Bonchev–Trinajstić information content (AvgIpc) is 3.61. The molecule has 47 heavy (non-hydrogen) atoms. The van der Waals surface area contributed by atoms with Gasteiger partial charge in [-0.05, 0) is 68.7 Å². The second kappa shape index (κ2) is 8.99. The SMILES string of the molecule is c1ccc2c(c1)Oc1cc3c4c5ccccc5ccc4n(-c4cccc5ccccc45)c3cc1C21c2ccccc2-c2ccccc21. The summed E-state index contributed by atoms with van der Waals surface area (Å²) in [6.07, 6.45) is 0. The highest BCUT2D eigenvalue weighted by molar-refractivity contribution is 6.22. The fraction of sp³-hybridized carbons (Fsp3) is 0.0222. The number of benzene rings is 8. The van der Waals surface area contributed by atoms with Gasteiger partial charge in [-0.3, -0.25) is 0 Å². The number of nitrogens with zero attached hydrogens (tertiary/aromatic N) is 1. The predicted octanol–water partition coefficient (Wildman–Crippen LogP) is 11.6. The van der Waals surface area contributed by atoms with Gasteiger partial charge in [0.1, 0.15) is 11.5 Å². The highest BCUT2D eigenvalue weighted by Crippen LogP contribution is 2.62. The molecule has 2 heterocycles. The van der Waals surface area contributed by atoms with Gasteiger partial charge in [0.15, 0.2) is 0 Å². The lowest BCUT2D eigenvalue weighted by Crippen LogP contribution is -2.32. The van der Waals surface area contributed by atoms with Gasteiger partial charge in [-0.1, -0.05) is 133 Å². The first-order valence-corrected chi connectivity index (χ1v) is 16.3. The fourth-order valence-electron chi connectivity index (χ4n) is 8.80. The number of ether oxygens (including phenoxy) is 1. The maximum atomic E-state index is 6.94. The maximum Gasteiger partial charge on any atom is 0.133 e. The Morgan fingerprint density at radius 1 is 0.404 bits per heavy atom. The molecule has 0 bridgehead atoms. The van der Waals surface area contributed by atoms with E-state index >= 15 is 0 Å². The summed E-state index contributed by atoms with van der Waals surface area (Å²) in [5.74, 6) is 1.82. The van der Waals surface area contributed by atoms with E-state index in [-0.39, 0.29) is 0 Å². The molecule has 1 aliphatic heterocycles. The molecule has 1 spiro atoms. The number of hydrogen-bond acceptors (Lipinski definition) is 1. The summed E-state index contributed by atoms with van der Waals surface area (Å²) in [4.78, 5) is 0. The van der Waals surface area contributed by atoms with Crippen LogP contribution in [0.3, 0.4) is 0 Å². The standard InChI is InChI=1S/C45H27NO/c1-3-15-30-28(12-1)14-11-22-39(30)46-40-25-24-29-13-2-4-16-31(29)44(40)34-26-43-38(27-41(34)46)45(37-21-9-10-23-42(37)47-43)35-19-7-5-17-32(35)33-18-6-8-20-36(33)45/h1-27H. The Balaban J connectivity index is 1.36. The number of para-hydroxylation sites is 1. The van der Waals surface area contributed by atoms with Crippen LogP contribution in [0.15, 0.2) is 164 Å². The van der Waals surface area contributed by atoms with Crippen LogP contribution < -0.4 is 4.74 Å². The van der Waals surface area contributed by atoms with E-state index in [9.17, 15) is 0 Å². The molecule has 0 atom stereocenters. The molecule has 0 unspecified atom stereocenters. The predicted molar refractivity (Wildman–Crippen MR) is 193 cm³/mol. The van der Waals surface area contributed by atoms with Crippen LogP contribution in [0.5, 0.6) is 11.5 Å². The van der Waals surface area contributed by atoms with Gasteiger partial charge in [0.05, 0.1) is 22.1 Å². The summed E-state index contributed by atoms with van der Waals surface area (Å²) >= 11 is 0. The third-order valence-corrected chi connectivity index (χ3v) is 10.6. The van der Waals surface area contributed by atoms with E-state index in [1.54, 1.807) is 0 Å². The highest BCUT2D eigenvalue weighted by Gasteiger charge is 2.51. The molecule has 9 aromatic rings. The molecule has 218 valence electrons. The van der Waals surface area contributed by atoms with E-state index < -0.39 is 5.41 Å². The van der Waals surface area contributed by atoms with E-state index in [0.29, 0.717) is 0 Å². The van der Waals surface area contributed by atoms with E-state index in [0.717, 1.165) is 11.5 Å². The van der Waals surface area contributed by atoms with Gasteiger partial charge < -0.3 is 9.30 Å². The zero-order valence-corrected chi connectivity index (χ0v) is 25.4. The zero-order valence-electron chi connectivity index (χ0n) is 25.4. The number of fused-ring (bicyclic) bond motifs is 15. The highest BCUT2D eigenvalue weighted by atomic mass is 16.5. The largest absolute Gasteiger partial charge is 0.457 e. The van der Waals surface area contributed by atoms with Gasteiger partial charge >= 0.3 is 0 Å². The first-order chi connectivity index (χ1) is 23.3. The van der Waals surface area contributed by atoms with Gasteiger partial charge in [0.2, 0.25) is 0 Å². The molecule has 0 radical (unpaired) electrons. The van der Waals surface area contributed by atoms with E-state index in [2.05, 4.69) is 168 Å². The Labute approximate surface area is 271 Å². The van der Waals surface area contributed by atoms with Crippen LogP contribution in [0.25, 0.3) is 60.2 Å². The molecular formula is C45H27NO. The van der Waals surface area contributed by atoms with Gasteiger partial charge in [0.25, 0.3) is 0 Å². The summed E-state index contributed by atoms with van der Waals surface area (Å²) in [7, 11) is 0. The molecule has 8 aromatic carbocycles. The average molecular weight is 598 g/mol. The van der Waals surface area contributed by atoms with Crippen molar-refractivity contribution in [2.75, 3.05) is 0 Å². The Morgan fingerprint density at radius 3 is 1.81 bits per heavy atom. The van der Waals surface area contributed by atoms with Crippen LogP contribution in [0.1, 0.15) is 22.3 Å². The molecule has 11 rings (SSSR count). The van der Waals surface area contributed by atoms with Crippen molar-refractivity contribution in [1.82, 2.24) is 4.57 Å². The van der Waals surface area contributed by atoms with Crippen molar-refractivity contribution in [3.8, 4) is 28.3 Å². The van der Waals surface area contributed by atoms with E-state index in [1.165, 1.54) is 82.4 Å². The first kappa shape index (κ1) is 25.1. The summed E-state index contributed by atoms with van der Waals surface area (Å²) in [6, 6.07) is 59.9. The molecule has 0 fully saturated rings. The third kappa shape index (κ3) is 3.10. The fourth-order valence-corrected chi connectivity index (χ4v) is 8.80. The van der Waals surface area contributed by atoms with Gasteiger partial charge in [-0.25, -0.2) is 0 Å². The van der Waals surface area contributed by atoms with Gasteiger partial charge in [0, 0.05) is 27.3 Å². The quantitative estimate of drug-likeness (QED) is 0.184. The van der Waals surface area contributed by atoms with Crippen molar-refractivity contribution in [1.29, 1.82) is 0 Å². The summed E-state index contributed by atoms with van der Waals surface area (Å²) in [5.41, 5.74) is 10.6. The smallest absolute Gasteiger partial charge is 0.133 e. The van der Waals surface area contributed by atoms with Crippen molar-refractivity contribution < 1.29 is 4.74 Å². The summed E-state index contributed by atoms with van der Waals surface area (Å²) in [5, 5.41) is 7.38. The Kier molecular flexibility index (Phi) is 4.80. The molecule has 1 aliphatic carbocycles. The van der Waals surface area contributed by atoms with Crippen molar-refractivity contribution in [3.63, 3.8) is 0 Å². The monoisotopic (exact) mass is 597 g/mol. The number of aromatic nitrogens is 1. The summed E-state index contributed by atoms with van der Waals surface area (Å²) in [6.45, 7) is 0. The minimum atomic E-state index is -0.520. The van der Waals surface area contributed by atoms with Crippen LogP contribution in [-0.2, 0) is 5.41 Å². The van der Waals surface area contributed by atoms with Crippen LogP contribution in [0.4, 0.5) is 0 Å². The molecule has 2 nitrogen and oxygen atoms in total. The van der Waals surface area contributed by atoms with E-state index in [1.807, 2.05) is 0 Å². The van der Waals surface area contributed by atoms with Gasteiger partial charge in [-0.15, -0.1) is 0 Å². The zero-order chi connectivity index (χ0) is 30.7. The van der Waals surface area contributed by atoms with Crippen LogP contribution in [0.2, 0.25) is 0 Å². The Morgan fingerprint density at radius 2 is 1.02 bits per heavy atom. The topological polar surface area (TPSA) is 14.2 Å². The molecule has 0 amide bonds. The lowest BCUT2D eigenvalue weighted by molar-refractivity contribution is 0.437. The van der Waals surface area contributed by atoms with E-state index in [4.69, 9.17) is 4.74 Å². The molecule has 0 N–H and O–H groups in total. The molecule has 2 aliphatic rings. The van der Waals surface area contributed by atoms with Gasteiger partial charge in [-0.2, -0.15) is 0 Å². The molecule has 0 saturated heterocycles. The molecule has 0 saturated carbocycles. The second-order valence-corrected chi connectivity index (χ2v) is 12.8. The summed E-state index contributed by atoms with van der Waals surface area (Å²) < 4.78 is 9.43. The minimum absolute atomic E-state index is 0.520. The van der Waals surface area contributed by atoms with Crippen molar-refractivity contribution in [3.05, 3.63) is 186 Å². The van der Waals surface area contributed by atoms with Crippen LogP contribution >= 0.6 is 0 Å². The Hall–Kier alpha value is -6.12. The maximum absolute atomic E-state index is 6.94. The minimum Gasteiger partial charge on any atom is -0.457 e. The Bertz CT molecular complexity index is 2730. The third-order valence-electron chi connectivity index (χ3n) is 10.6. The van der Waals surface area contributed by atoms with Crippen molar-refractivity contribution >= 4 is 43.4 Å². The molecular weight excluding hydrogens is 571 g/mol. The van der Waals surface area contributed by atoms with Crippen LogP contribution in [0, 0.1) is 0 Å². The normalized spacial score (nSPS) is 13.9. The number of rotatable bonds is 1. The second-order valence-electron chi connectivity index (χ2n) is 12.8. The molecule has 2 heteroatoms. The van der Waals surface area contributed by atoms with Crippen LogP contribution in [-0.4, -0.2) is 4.57 Å². The lowest BCUT2D eigenvalue weighted by Gasteiger charge is -2.39. The first-order valence-electron chi connectivity index (χ1n) is 16.3.